The van der Waals surface area contributed by atoms with Crippen LogP contribution < -0.4 is 11.1 Å². The number of aromatic nitrogens is 1. The molecule has 0 unspecified atom stereocenters. The van der Waals surface area contributed by atoms with Gasteiger partial charge in [-0.2, -0.15) is 0 Å². The third kappa shape index (κ3) is 2.39. The first-order valence-corrected chi connectivity index (χ1v) is 5.48. The highest BCUT2D eigenvalue weighted by molar-refractivity contribution is 6.00. The van der Waals surface area contributed by atoms with E-state index in [1.54, 1.807) is 6.92 Å². The van der Waals surface area contributed by atoms with Gasteiger partial charge in [-0.15, -0.1) is 0 Å². The zero-order chi connectivity index (χ0) is 12.3. The van der Waals surface area contributed by atoms with E-state index in [4.69, 9.17) is 11.1 Å². The fourth-order valence-electron chi connectivity index (χ4n) is 1.71. The van der Waals surface area contributed by atoms with Gasteiger partial charge in [0, 0.05) is 13.6 Å². The van der Waals surface area contributed by atoms with Crippen molar-refractivity contribution in [1.29, 1.82) is 5.41 Å². The summed E-state index contributed by atoms with van der Waals surface area (Å²) in [7, 11) is 1.86. The van der Waals surface area contributed by atoms with E-state index >= 15 is 0 Å². The summed E-state index contributed by atoms with van der Waals surface area (Å²) in [6, 6.07) is 2.02. The molecular formula is C12H20N4. The third-order valence-electron chi connectivity index (χ3n) is 2.54. The molecule has 4 N–H and O–H groups in total. The minimum absolute atomic E-state index is 0.383. The van der Waals surface area contributed by atoms with Crippen LogP contribution in [0.15, 0.2) is 6.07 Å². The molecule has 0 fully saturated rings. The molecule has 4 nitrogen and oxygen atoms in total. The molecule has 1 rings (SSSR count). The second kappa shape index (κ2) is 5.07. The Bertz CT molecular complexity index is 396. The van der Waals surface area contributed by atoms with Crippen LogP contribution in [0.1, 0.15) is 43.6 Å². The lowest BCUT2D eigenvalue weighted by Gasteiger charge is -2.17. The first kappa shape index (κ1) is 12.6. The smallest absolute Gasteiger partial charge is 0.107 e. The Morgan fingerprint density at radius 2 is 2.19 bits per heavy atom. The summed E-state index contributed by atoms with van der Waals surface area (Å²) in [6.45, 7) is 6.40. The molecule has 0 aliphatic rings. The van der Waals surface area contributed by atoms with Crippen molar-refractivity contribution in [2.75, 3.05) is 12.4 Å². The molecule has 0 saturated carbocycles. The van der Waals surface area contributed by atoms with Crippen LogP contribution in [0.5, 0.6) is 0 Å². The predicted molar refractivity (Wildman–Crippen MR) is 68.3 cm³/mol. The summed E-state index contributed by atoms with van der Waals surface area (Å²) in [5.41, 5.74) is 9.74. The van der Waals surface area contributed by atoms with Crippen LogP contribution in [0.2, 0.25) is 0 Å². The predicted octanol–water partition coefficient (Wildman–Crippen LogP) is 2.09. The standard InChI is InChI=1S/C12H20N4/c1-7(2)10-5-9(6-13)16-11(8(3)14)12(10)15-4/h5,7,14-15H,6,13H2,1-4H3. The maximum Gasteiger partial charge on any atom is 0.107 e. The van der Waals surface area contributed by atoms with E-state index in [0.29, 0.717) is 23.9 Å². The molecule has 0 atom stereocenters. The quantitative estimate of drug-likeness (QED) is 0.680. The van der Waals surface area contributed by atoms with Crippen LogP contribution in [0.3, 0.4) is 0 Å². The van der Waals surface area contributed by atoms with E-state index in [1.807, 2.05) is 13.1 Å². The number of hydrogen-bond donors (Lipinski definition) is 3. The molecule has 88 valence electrons. The molecule has 0 amide bonds. The van der Waals surface area contributed by atoms with E-state index in [9.17, 15) is 0 Å². The SMILES string of the molecule is CNc1c(C(C)C)cc(CN)nc1C(C)=N. The van der Waals surface area contributed by atoms with Crippen molar-refractivity contribution in [3.63, 3.8) is 0 Å². The Labute approximate surface area is 96.8 Å². The van der Waals surface area contributed by atoms with E-state index < -0.39 is 0 Å². The normalized spacial score (nSPS) is 10.6. The van der Waals surface area contributed by atoms with Gasteiger partial charge in [0.15, 0.2) is 0 Å². The molecule has 0 aliphatic carbocycles. The number of nitrogens with two attached hydrogens (primary N) is 1. The van der Waals surface area contributed by atoms with Gasteiger partial charge in [0.2, 0.25) is 0 Å². The van der Waals surface area contributed by atoms with Crippen molar-refractivity contribution in [3.05, 3.63) is 23.0 Å². The maximum absolute atomic E-state index is 7.75. The highest BCUT2D eigenvalue weighted by atomic mass is 14.9. The highest BCUT2D eigenvalue weighted by Gasteiger charge is 2.14. The molecule has 0 radical (unpaired) electrons. The lowest BCUT2D eigenvalue weighted by atomic mass is 9.98. The summed E-state index contributed by atoms with van der Waals surface area (Å²) >= 11 is 0. The van der Waals surface area contributed by atoms with Gasteiger partial charge in [-0.3, -0.25) is 0 Å². The van der Waals surface area contributed by atoms with Gasteiger partial charge >= 0.3 is 0 Å². The van der Waals surface area contributed by atoms with Crippen LogP contribution in [-0.2, 0) is 6.54 Å². The fraction of sp³-hybridized carbons (Fsp3) is 0.500. The second-order valence-corrected chi connectivity index (χ2v) is 4.16. The van der Waals surface area contributed by atoms with Crippen molar-refractivity contribution in [3.8, 4) is 0 Å². The Hall–Kier alpha value is -1.42. The van der Waals surface area contributed by atoms with Gasteiger partial charge < -0.3 is 16.5 Å². The molecule has 0 saturated heterocycles. The van der Waals surface area contributed by atoms with Crippen LogP contribution in [0.25, 0.3) is 0 Å². The molecule has 0 spiro atoms. The van der Waals surface area contributed by atoms with Crippen LogP contribution >= 0.6 is 0 Å². The van der Waals surface area contributed by atoms with Gasteiger partial charge in [0.1, 0.15) is 5.69 Å². The van der Waals surface area contributed by atoms with Gasteiger partial charge in [-0.05, 0) is 24.5 Å². The van der Waals surface area contributed by atoms with Crippen LogP contribution in [0.4, 0.5) is 5.69 Å². The molecule has 0 aliphatic heterocycles. The number of nitrogens with one attached hydrogen (secondary N) is 2. The minimum Gasteiger partial charge on any atom is -0.386 e. The monoisotopic (exact) mass is 220 g/mol. The van der Waals surface area contributed by atoms with Crippen LogP contribution in [0, 0.1) is 5.41 Å². The third-order valence-corrected chi connectivity index (χ3v) is 2.54. The molecule has 1 aromatic heterocycles. The largest absolute Gasteiger partial charge is 0.386 e. The Balaban J connectivity index is 3.46. The maximum atomic E-state index is 7.75. The highest BCUT2D eigenvalue weighted by Crippen LogP contribution is 2.27. The van der Waals surface area contributed by atoms with E-state index in [1.165, 1.54) is 5.56 Å². The van der Waals surface area contributed by atoms with Gasteiger partial charge in [0.25, 0.3) is 0 Å². The topological polar surface area (TPSA) is 74.8 Å². The zero-order valence-electron chi connectivity index (χ0n) is 10.4. The van der Waals surface area contributed by atoms with Crippen LogP contribution in [-0.4, -0.2) is 17.7 Å². The second-order valence-electron chi connectivity index (χ2n) is 4.16. The fourth-order valence-corrected chi connectivity index (χ4v) is 1.71. The molecular weight excluding hydrogens is 200 g/mol. The molecule has 16 heavy (non-hydrogen) atoms. The van der Waals surface area contributed by atoms with Gasteiger partial charge in [0.05, 0.1) is 17.1 Å². The average Bonchev–Trinajstić information content (AvgIpc) is 2.26. The van der Waals surface area contributed by atoms with E-state index in [2.05, 4.69) is 24.1 Å². The number of nitrogens with zero attached hydrogens (tertiary/aromatic N) is 1. The van der Waals surface area contributed by atoms with E-state index in [0.717, 1.165) is 11.4 Å². The molecule has 4 heteroatoms. The number of anilines is 1. The molecule has 0 bridgehead atoms. The molecule has 0 aromatic carbocycles. The molecule has 1 aromatic rings. The lowest BCUT2D eigenvalue weighted by Crippen LogP contribution is -2.12. The summed E-state index contributed by atoms with van der Waals surface area (Å²) in [5.74, 6) is 0.383. The molecule has 1 heterocycles. The Morgan fingerprint density at radius 3 is 2.56 bits per heavy atom. The first-order chi connectivity index (χ1) is 7.51. The van der Waals surface area contributed by atoms with Crippen molar-refractivity contribution in [2.24, 2.45) is 5.73 Å². The Kier molecular flexibility index (Phi) is 4.01. The van der Waals surface area contributed by atoms with Crippen molar-refractivity contribution in [2.45, 2.75) is 33.2 Å². The zero-order valence-corrected chi connectivity index (χ0v) is 10.4. The van der Waals surface area contributed by atoms with Crippen molar-refractivity contribution in [1.82, 2.24) is 4.98 Å². The average molecular weight is 220 g/mol. The number of pyridine rings is 1. The van der Waals surface area contributed by atoms with Crippen molar-refractivity contribution >= 4 is 11.4 Å². The van der Waals surface area contributed by atoms with Gasteiger partial charge in [-0.1, -0.05) is 13.8 Å². The summed E-state index contributed by atoms with van der Waals surface area (Å²) in [5, 5.41) is 10.9. The van der Waals surface area contributed by atoms with E-state index in [-0.39, 0.29) is 0 Å². The summed E-state index contributed by atoms with van der Waals surface area (Å²) < 4.78 is 0. The Morgan fingerprint density at radius 1 is 1.56 bits per heavy atom. The summed E-state index contributed by atoms with van der Waals surface area (Å²) in [6.07, 6.45) is 0. The van der Waals surface area contributed by atoms with Gasteiger partial charge in [-0.25, -0.2) is 4.98 Å². The van der Waals surface area contributed by atoms with Crippen molar-refractivity contribution < 1.29 is 0 Å². The minimum atomic E-state index is 0.383. The lowest BCUT2D eigenvalue weighted by molar-refractivity contribution is 0.851. The number of hydrogen-bond acceptors (Lipinski definition) is 4. The number of rotatable bonds is 4. The first-order valence-electron chi connectivity index (χ1n) is 5.48. The summed E-state index contributed by atoms with van der Waals surface area (Å²) in [4.78, 5) is 4.39.